The summed E-state index contributed by atoms with van der Waals surface area (Å²) in [7, 11) is 0. The van der Waals surface area contributed by atoms with Gasteiger partial charge < -0.3 is 31.7 Å². The fraction of sp³-hybridized carbons (Fsp3) is 0.500. The largest absolute Gasteiger partial charge is 0.508 e. The van der Waals surface area contributed by atoms with Gasteiger partial charge in [-0.25, -0.2) is 4.79 Å². The van der Waals surface area contributed by atoms with Gasteiger partial charge in [-0.3, -0.25) is 9.59 Å². The number of hydrogen-bond donors (Lipinski definition) is 6. The van der Waals surface area contributed by atoms with Crippen molar-refractivity contribution in [3.63, 3.8) is 0 Å². The normalized spacial score (nSPS) is 12.3. The third-order valence-corrected chi connectivity index (χ3v) is 3.50. The predicted molar refractivity (Wildman–Crippen MR) is 100 cm³/mol. The van der Waals surface area contributed by atoms with E-state index in [2.05, 4.69) is 24.5 Å². The second-order valence-corrected chi connectivity index (χ2v) is 5.77. The van der Waals surface area contributed by atoms with Crippen LogP contribution in [0.25, 0.3) is 0 Å². The summed E-state index contributed by atoms with van der Waals surface area (Å²) < 4.78 is 0. The van der Waals surface area contributed by atoms with Crippen molar-refractivity contribution in [1.29, 1.82) is 0 Å². The third-order valence-electron chi connectivity index (χ3n) is 3.50. The summed E-state index contributed by atoms with van der Waals surface area (Å²) in [5.74, 6) is -2.98. The highest BCUT2D eigenvalue weighted by Gasteiger charge is 2.23. The van der Waals surface area contributed by atoms with Crippen LogP contribution in [0, 0.1) is 0 Å². The molecule has 0 aliphatic rings. The van der Waals surface area contributed by atoms with Crippen LogP contribution in [0.15, 0.2) is 24.3 Å². The molecule has 9 nitrogen and oxygen atoms in total. The number of carbonyl (C=O) groups excluding carboxylic acids is 1. The Kier molecular flexibility index (Phi) is 12.2. The molecule has 0 aliphatic heterocycles. The Balaban J connectivity index is 0.00000119. The van der Waals surface area contributed by atoms with Gasteiger partial charge in [0.15, 0.2) is 0 Å². The van der Waals surface area contributed by atoms with Crippen molar-refractivity contribution in [1.82, 2.24) is 10.6 Å². The number of phenolic OH excluding ortho intramolecular Hbond substituents is 1. The molecular formula is C18H29N3O6. The lowest BCUT2D eigenvalue weighted by Gasteiger charge is -2.17. The summed E-state index contributed by atoms with van der Waals surface area (Å²) in [5, 5.41) is 32.2. The van der Waals surface area contributed by atoms with Crippen molar-refractivity contribution in [2.75, 3.05) is 13.1 Å². The van der Waals surface area contributed by atoms with E-state index in [9.17, 15) is 19.5 Å². The van der Waals surface area contributed by atoms with Crippen molar-refractivity contribution < 1.29 is 29.7 Å². The molecule has 0 saturated heterocycles. The molecule has 0 aliphatic carbocycles. The molecule has 0 saturated carbocycles. The maximum atomic E-state index is 11.8. The van der Waals surface area contributed by atoms with E-state index in [0.717, 1.165) is 13.1 Å². The Morgan fingerprint density at radius 3 is 2.04 bits per heavy atom. The van der Waals surface area contributed by atoms with Gasteiger partial charge in [-0.15, -0.1) is 0 Å². The van der Waals surface area contributed by atoms with Gasteiger partial charge in [-0.05, 0) is 37.2 Å². The molecule has 152 valence electrons. The molecule has 0 aromatic heterocycles. The molecule has 0 spiro atoms. The van der Waals surface area contributed by atoms with E-state index in [1.807, 2.05) is 0 Å². The highest BCUT2D eigenvalue weighted by atomic mass is 16.4. The fourth-order valence-corrected chi connectivity index (χ4v) is 2.01. The minimum atomic E-state index is -1.23. The van der Waals surface area contributed by atoms with Crippen molar-refractivity contribution in [3.05, 3.63) is 29.8 Å². The average molecular weight is 383 g/mol. The zero-order valence-corrected chi connectivity index (χ0v) is 15.6. The molecule has 1 aromatic rings. The fourth-order valence-electron chi connectivity index (χ4n) is 2.01. The van der Waals surface area contributed by atoms with E-state index < -0.39 is 29.9 Å². The summed E-state index contributed by atoms with van der Waals surface area (Å²) in [6.07, 6.45) is -0.329. The number of carbonyl (C=O) groups is 3. The Morgan fingerprint density at radius 2 is 1.63 bits per heavy atom. The van der Waals surface area contributed by atoms with E-state index in [0.29, 0.717) is 5.56 Å². The molecule has 2 atom stereocenters. The van der Waals surface area contributed by atoms with Gasteiger partial charge in [0, 0.05) is 12.8 Å². The van der Waals surface area contributed by atoms with Gasteiger partial charge in [0.25, 0.3) is 0 Å². The molecule has 1 aromatic carbocycles. The molecule has 0 heterocycles. The van der Waals surface area contributed by atoms with Gasteiger partial charge >= 0.3 is 11.9 Å². The number of rotatable bonds is 10. The molecule has 1 rings (SSSR count). The highest BCUT2D eigenvalue weighted by molar-refractivity contribution is 5.87. The first-order chi connectivity index (χ1) is 12.7. The third kappa shape index (κ3) is 11.6. The molecule has 7 N–H and O–H groups in total. The Bertz CT molecular complexity index is 589. The first-order valence-corrected chi connectivity index (χ1v) is 8.70. The number of nitrogens with one attached hydrogen (secondary N) is 2. The first kappa shape index (κ1) is 24.4. The lowest BCUT2D eigenvalue weighted by Crippen LogP contribution is -2.49. The van der Waals surface area contributed by atoms with E-state index in [-0.39, 0.29) is 25.0 Å². The topological polar surface area (TPSA) is 162 Å². The first-order valence-electron chi connectivity index (χ1n) is 8.70. The Morgan fingerprint density at radius 1 is 1.07 bits per heavy atom. The molecule has 2 unspecified atom stereocenters. The molecule has 27 heavy (non-hydrogen) atoms. The quantitative estimate of drug-likeness (QED) is 0.336. The molecule has 0 radical (unpaired) electrons. The van der Waals surface area contributed by atoms with Crippen molar-refractivity contribution in [3.8, 4) is 5.75 Å². The second-order valence-electron chi connectivity index (χ2n) is 5.77. The van der Waals surface area contributed by atoms with Gasteiger partial charge in [0.05, 0.1) is 6.04 Å². The summed E-state index contributed by atoms with van der Waals surface area (Å²) in [6, 6.07) is 3.64. The van der Waals surface area contributed by atoms with Gasteiger partial charge in [-0.1, -0.05) is 26.0 Å². The lowest BCUT2D eigenvalue weighted by molar-refractivity contribution is -0.142. The smallest absolute Gasteiger partial charge is 0.326 e. The Hall–Kier alpha value is -2.65. The zero-order valence-electron chi connectivity index (χ0n) is 15.6. The lowest BCUT2D eigenvalue weighted by atomic mass is 10.0. The van der Waals surface area contributed by atoms with Gasteiger partial charge in [0.1, 0.15) is 11.8 Å². The number of nitrogens with two attached hydrogens (primary N) is 1. The molecule has 0 fully saturated rings. The van der Waals surface area contributed by atoms with Crippen LogP contribution in [0.1, 0.15) is 32.3 Å². The van der Waals surface area contributed by atoms with E-state index >= 15 is 0 Å². The number of carboxylic acids is 2. The number of phenols is 1. The average Bonchev–Trinajstić information content (AvgIpc) is 2.61. The summed E-state index contributed by atoms with van der Waals surface area (Å²) in [6.45, 7) is 6.39. The number of hydrogen-bond acceptors (Lipinski definition) is 6. The molecule has 0 bridgehead atoms. The van der Waals surface area contributed by atoms with Crippen LogP contribution in [0.2, 0.25) is 0 Å². The maximum Gasteiger partial charge on any atom is 0.326 e. The monoisotopic (exact) mass is 383 g/mol. The number of carboxylic acid groups (broad SMARTS) is 2. The van der Waals surface area contributed by atoms with Crippen molar-refractivity contribution in [2.45, 2.75) is 45.2 Å². The van der Waals surface area contributed by atoms with E-state index in [1.165, 1.54) is 12.1 Å². The number of aromatic hydroxyl groups is 1. The standard InChI is InChI=1S/C14H18N2O6.C4H11N/c15-10(5-6-12(18)19)13(20)16-11(14(21)22)7-8-1-3-9(17)4-2-8;1-3-5-4-2/h1-4,10-11,17H,5-7,15H2,(H,16,20)(H,18,19)(H,21,22);5H,3-4H2,1-2H3. The molecular weight excluding hydrogens is 354 g/mol. The molecule has 9 heteroatoms. The van der Waals surface area contributed by atoms with E-state index in [4.69, 9.17) is 15.9 Å². The number of aliphatic carboxylic acids is 2. The van der Waals surface area contributed by atoms with Crippen molar-refractivity contribution >= 4 is 17.8 Å². The molecule has 1 amide bonds. The second kappa shape index (κ2) is 13.5. The van der Waals surface area contributed by atoms with Crippen molar-refractivity contribution in [2.24, 2.45) is 5.73 Å². The van der Waals surface area contributed by atoms with Crippen LogP contribution in [-0.2, 0) is 20.8 Å². The minimum Gasteiger partial charge on any atom is -0.508 e. The van der Waals surface area contributed by atoms with E-state index in [1.54, 1.807) is 12.1 Å². The predicted octanol–water partition coefficient (Wildman–Crippen LogP) is 0.312. The highest BCUT2D eigenvalue weighted by Crippen LogP contribution is 2.11. The van der Waals surface area contributed by atoms with Crippen LogP contribution in [0.4, 0.5) is 0 Å². The van der Waals surface area contributed by atoms with Gasteiger partial charge in [-0.2, -0.15) is 0 Å². The summed E-state index contributed by atoms with van der Waals surface area (Å²) in [4.78, 5) is 33.4. The van der Waals surface area contributed by atoms with Crippen LogP contribution in [-0.4, -0.2) is 58.3 Å². The summed E-state index contributed by atoms with van der Waals surface area (Å²) >= 11 is 0. The zero-order chi connectivity index (χ0) is 20.8. The number of amides is 1. The van der Waals surface area contributed by atoms with Crippen LogP contribution in [0.5, 0.6) is 5.75 Å². The summed E-state index contributed by atoms with van der Waals surface area (Å²) in [5.41, 5.74) is 6.14. The SMILES string of the molecule is CCNCC.NC(CCC(=O)O)C(=O)NC(Cc1ccc(O)cc1)C(=O)O. The van der Waals surface area contributed by atoms with Gasteiger partial charge in [0.2, 0.25) is 5.91 Å². The maximum absolute atomic E-state index is 11.8. The van der Waals surface area contributed by atoms with Crippen LogP contribution in [0.3, 0.4) is 0 Å². The van der Waals surface area contributed by atoms with Crippen LogP contribution >= 0.6 is 0 Å². The van der Waals surface area contributed by atoms with Crippen LogP contribution < -0.4 is 16.4 Å². The minimum absolute atomic E-state index is 0.0208. The Labute approximate surface area is 158 Å². The number of benzene rings is 1.